The molecule has 0 bridgehead atoms. The lowest BCUT2D eigenvalue weighted by Crippen LogP contribution is -2.41. The van der Waals surface area contributed by atoms with E-state index in [-0.39, 0.29) is 10.4 Å². The monoisotopic (exact) mass is 470 g/mol. The van der Waals surface area contributed by atoms with E-state index >= 15 is 0 Å². The van der Waals surface area contributed by atoms with Gasteiger partial charge in [-0.1, -0.05) is 20.8 Å². The van der Waals surface area contributed by atoms with Crippen LogP contribution in [0.2, 0.25) is 18.1 Å². The highest BCUT2D eigenvalue weighted by molar-refractivity contribution is 14.1. The maximum Gasteiger partial charge on any atom is 0.434 e. The summed E-state index contributed by atoms with van der Waals surface area (Å²) in [6, 6.07) is 1.62. The number of fused-ring (bicyclic) bond motifs is 1. The number of halogens is 4. The van der Waals surface area contributed by atoms with Gasteiger partial charge in [0.15, 0.2) is 14.0 Å². The van der Waals surface area contributed by atoms with Crippen LogP contribution in [0.5, 0.6) is 0 Å². The molecular weight excluding hydrogens is 448 g/mol. The first-order valence-corrected chi connectivity index (χ1v) is 11.7. The summed E-state index contributed by atoms with van der Waals surface area (Å²) in [5, 5.41) is 0.269. The van der Waals surface area contributed by atoms with Crippen LogP contribution in [0.4, 0.5) is 13.2 Å². The van der Waals surface area contributed by atoms with Crippen LogP contribution in [0.1, 0.15) is 26.5 Å². The van der Waals surface area contributed by atoms with E-state index in [0.717, 1.165) is 0 Å². The second kappa shape index (κ2) is 6.60. The molecular formula is C16H22F3IN2OSi. The molecule has 0 saturated carbocycles. The second-order valence-corrected chi connectivity index (χ2v) is 13.3. The van der Waals surface area contributed by atoms with Crippen molar-refractivity contribution in [1.29, 1.82) is 0 Å². The maximum atomic E-state index is 13.2. The predicted octanol–water partition coefficient (Wildman–Crippen LogP) is 5.68. The zero-order valence-corrected chi connectivity index (χ0v) is 17.6. The molecule has 8 heteroatoms. The van der Waals surface area contributed by atoms with Crippen LogP contribution in [0.3, 0.4) is 0 Å². The van der Waals surface area contributed by atoms with Gasteiger partial charge in [-0.3, -0.25) is 4.98 Å². The fourth-order valence-corrected chi connectivity index (χ4v) is 4.12. The molecule has 0 aliphatic carbocycles. The van der Waals surface area contributed by atoms with Gasteiger partial charge >= 0.3 is 6.18 Å². The van der Waals surface area contributed by atoms with Crippen molar-refractivity contribution in [3.63, 3.8) is 0 Å². The summed E-state index contributed by atoms with van der Waals surface area (Å²) in [6.45, 7) is 11.8. The van der Waals surface area contributed by atoms with Gasteiger partial charge in [-0.15, -0.1) is 0 Å². The SMILES string of the molecule is CC(C)(C)[Si](C)(C)OCCn1cc(I)c2c(C(F)(F)F)nccc21. The lowest BCUT2D eigenvalue weighted by molar-refractivity contribution is -0.139. The molecule has 0 aliphatic rings. The van der Waals surface area contributed by atoms with Crippen molar-refractivity contribution >= 4 is 41.8 Å². The molecule has 0 aromatic carbocycles. The molecule has 0 saturated heterocycles. The highest BCUT2D eigenvalue weighted by Crippen LogP contribution is 2.37. The smallest absolute Gasteiger partial charge is 0.415 e. The number of pyridine rings is 1. The minimum Gasteiger partial charge on any atom is -0.415 e. The Labute approximate surface area is 154 Å². The molecule has 0 unspecified atom stereocenters. The fourth-order valence-electron chi connectivity index (χ4n) is 2.21. The van der Waals surface area contributed by atoms with Gasteiger partial charge in [-0.2, -0.15) is 13.2 Å². The Hall–Kier alpha value is -0.613. The van der Waals surface area contributed by atoms with Gasteiger partial charge in [0.05, 0.1) is 12.1 Å². The maximum absolute atomic E-state index is 13.2. The van der Waals surface area contributed by atoms with Crippen LogP contribution >= 0.6 is 22.6 Å². The number of aromatic nitrogens is 2. The van der Waals surface area contributed by atoms with Crippen LogP contribution in [0, 0.1) is 3.57 Å². The summed E-state index contributed by atoms with van der Waals surface area (Å²) in [5.74, 6) is 0. The molecule has 2 rings (SSSR count). The number of hydrogen-bond donors (Lipinski definition) is 0. The molecule has 134 valence electrons. The number of rotatable bonds is 4. The third kappa shape index (κ3) is 3.96. The standard InChI is InChI=1S/C16H22F3IN2OSi/c1-15(2,3)24(4,5)23-9-8-22-10-11(20)13-12(22)6-7-21-14(13)16(17,18)19/h6-7,10H,8-9H2,1-5H3. The highest BCUT2D eigenvalue weighted by Gasteiger charge is 2.37. The zero-order valence-electron chi connectivity index (χ0n) is 14.5. The largest absolute Gasteiger partial charge is 0.434 e. The molecule has 24 heavy (non-hydrogen) atoms. The minimum absolute atomic E-state index is 0.105. The van der Waals surface area contributed by atoms with Gasteiger partial charge in [0.1, 0.15) is 0 Å². The Bertz CT molecular complexity index is 735. The summed E-state index contributed by atoms with van der Waals surface area (Å²) < 4.78 is 48.0. The lowest BCUT2D eigenvalue weighted by atomic mass is 10.2. The molecule has 0 atom stereocenters. The fraction of sp³-hybridized carbons (Fsp3) is 0.562. The van der Waals surface area contributed by atoms with E-state index in [2.05, 4.69) is 38.8 Å². The molecule has 0 N–H and O–H groups in total. The molecule has 2 aromatic rings. The summed E-state index contributed by atoms with van der Waals surface area (Å²) in [6.07, 6.45) is -1.51. The van der Waals surface area contributed by atoms with Gasteiger partial charge in [0, 0.05) is 27.9 Å². The quantitative estimate of drug-likeness (QED) is 0.425. The number of nitrogens with zero attached hydrogens (tertiary/aromatic N) is 2. The first-order valence-electron chi connectivity index (χ1n) is 7.69. The van der Waals surface area contributed by atoms with Crippen molar-refractivity contribution in [3.8, 4) is 0 Å². The van der Waals surface area contributed by atoms with Crippen molar-refractivity contribution in [1.82, 2.24) is 9.55 Å². The van der Waals surface area contributed by atoms with Crippen LogP contribution < -0.4 is 0 Å². The van der Waals surface area contributed by atoms with Crippen LogP contribution in [0.25, 0.3) is 10.9 Å². The van der Waals surface area contributed by atoms with Crippen LogP contribution in [-0.4, -0.2) is 24.5 Å². The zero-order chi connectivity index (χ0) is 18.3. The highest BCUT2D eigenvalue weighted by atomic mass is 127. The van der Waals surface area contributed by atoms with Crippen molar-refractivity contribution in [3.05, 3.63) is 27.7 Å². The normalized spacial score (nSPS) is 13.7. The Kier molecular flexibility index (Phi) is 5.42. The van der Waals surface area contributed by atoms with Crippen molar-refractivity contribution in [2.75, 3.05) is 6.61 Å². The molecule has 0 spiro atoms. The van der Waals surface area contributed by atoms with Gasteiger partial charge in [-0.05, 0) is 46.8 Å². The molecule has 0 amide bonds. The van der Waals surface area contributed by atoms with E-state index in [1.54, 1.807) is 12.3 Å². The first-order chi connectivity index (χ1) is 10.8. The van der Waals surface area contributed by atoms with E-state index in [9.17, 15) is 13.2 Å². The first kappa shape index (κ1) is 19.7. The summed E-state index contributed by atoms with van der Waals surface area (Å²) in [4.78, 5) is 3.54. The second-order valence-electron chi connectivity index (χ2n) is 7.33. The molecule has 3 nitrogen and oxygen atoms in total. The Morgan fingerprint density at radius 3 is 2.42 bits per heavy atom. The molecule has 0 fully saturated rings. The predicted molar refractivity (Wildman–Crippen MR) is 101 cm³/mol. The van der Waals surface area contributed by atoms with E-state index in [1.807, 2.05) is 27.2 Å². The number of hydrogen-bond acceptors (Lipinski definition) is 2. The van der Waals surface area contributed by atoms with Gasteiger partial charge in [0.25, 0.3) is 0 Å². The lowest BCUT2D eigenvalue weighted by Gasteiger charge is -2.36. The third-order valence-corrected chi connectivity index (χ3v) is 9.97. The summed E-state index contributed by atoms with van der Waals surface area (Å²) in [7, 11) is -1.87. The van der Waals surface area contributed by atoms with Gasteiger partial charge in [-0.25, -0.2) is 0 Å². The number of alkyl halides is 3. The Morgan fingerprint density at radius 2 is 1.88 bits per heavy atom. The third-order valence-electron chi connectivity index (χ3n) is 4.62. The summed E-state index contributed by atoms with van der Waals surface area (Å²) in [5.41, 5.74) is -0.283. The topological polar surface area (TPSA) is 27.1 Å². The van der Waals surface area contributed by atoms with Crippen molar-refractivity contribution in [2.45, 2.75) is 51.6 Å². The minimum atomic E-state index is -4.46. The van der Waals surface area contributed by atoms with Crippen LogP contribution in [0.15, 0.2) is 18.5 Å². The van der Waals surface area contributed by atoms with Crippen LogP contribution in [-0.2, 0) is 17.1 Å². The van der Waals surface area contributed by atoms with Crippen molar-refractivity contribution < 1.29 is 17.6 Å². The van der Waals surface area contributed by atoms with Gasteiger partial charge in [0.2, 0.25) is 0 Å². The molecule has 0 aliphatic heterocycles. The average molecular weight is 470 g/mol. The van der Waals surface area contributed by atoms with E-state index < -0.39 is 20.2 Å². The van der Waals surface area contributed by atoms with E-state index in [1.165, 1.54) is 6.20 Å². The van der Waals surface area contributed by atoms with Crippen molar-refractivity contribution in [2.24, 2.45) is 0 Å². The molecule has 2 heterocycles. The average Bonchev–Trinajstić information content (AvgIpc) is 2.73. The molecule has 0 radical (unpaired) electrons. The van der Waals surface area contributed by atoms with Gasteiger partial charge < -0.3 is 8.99 Å². The van der Waals surface area contributed by atoms with E-state index in [4.69, 9.17) is 4.43 Å². The molecule has 2 aromatic heterocycles. The van der Waals surface area contributed by atoms with E-state index in [0.29, 0.717) is 22.2 Å². The summed E-state index contributed by atoms with van der Waals surface area (Å²) >= 11 is 1.93. The Balaban J connectivity index is 2.26. The Morgan fingerprint density at radius 1 is 1.25 bits per heavy atom.